The van der Waals surface area contributed by atoms with Crippen LogP contribution >= 0.6 is 279 Å². The Hall–Kier alpha value is 12.1. The summed E-state index contributed by atoms with van der Waals surface area (Å²) in [6, 6.07) is 0. The summed E-state index contributed by atoms with van der Waals surface area (Å²) < 4.78 is 6.63. The molecule has 0 aromatic carbocycles. The zero-order valence-corrected chi connectivity index (χ0v) is 113. The van der Waals surface area contributed by atoms with Crippen molar-refractivity contribution < 1.29 is 4.43 Å². The smallest absolute Gasteiger partial charge is 0.239 e. The van der Waals surface area contributed by atoms with Gasteiger partial charge in [-0.25, -0.2) is 0 Å². The highest BCUT2D eigenvalue weighted by Gasteiger charge is 2.67. The van der Waals surface area contributed by atoms with Gasteiger partial charge >= 0.3 is 0 Å². The number of hydrogen-bond donors (Lipinski definition) is 1. The third-order valence-corrected chi connectivity index (χ3v) is 517. The molecule has 0 unspecified atom stereocenters. The Labute approximate surface area is 711 Å². The van der Waals surface area contributed by atoms with E-state index in [0.29, 0.717) is 0 Å². The van der Waals surface area contributed by atoms with E-state index in [1.165, 1.54) is 0 Å². The molecule has 0 saturated heterocycles. The first kappa shape index (κ1) is 117. The van der Waals surface area contributed by atoms with E-state index in [4.69, 9.17) is 16.1 Å². The third kappa shape index (κ3) is 15.5. The van der Waals surface area contributed by atoms with Crippen LogP contribution < -0.4 is 0 Å². The highest BCUT2D eigenvalue weighted by molar-refractivity contribution is 9.91. The Balaban J connectivity index is 8.50. The molecular weight excluding hydrogens is 1960 g/mol. The van der Waals surface area contributed by atoms with Gasteiger partial charge in [-0.1, -0.05) is 0 Å². The van der Waals surface area contributed by atoms with Gasteiger partial charge in [0, 0.05) is 7.11 Å². The zero-order valence-electron chi connectivity index (χ0n) is 83.8. The van der Waals surface area contributed by atoms with E-state index in [1.54, 1.807) is 0 Å². The SMILES string of the molecule is CO[Si](C)(C)S(C)(C)S(C)(C)S(C)(C)S(C)(C)S(C)(C)S(C)(C)S(C)(C)S(C)(C)S(C)(C)S(C)(C)S(C)(C)S(C)(C)S(C)(C)S(C)(C)S(C)(C)S(C)(C)S(C)(C)S(C)(C)S(C)(C)S(C)(C)S(C)(C)S(C)(C)S(C)(C)S(C)(C)S(C)(C)S(C)(C)S(C)(C)S(C)(C)S(C)(C)S(C)(C)S(C)(C)S(C)(C)S(C)(C)S. The first-order valence-corrected chi connectivity index (χ1v) is 136. The van der Waals surface area contributed by atoms with Crippen molar-refractivity contribution in [2.45, 2.75) is 13.1 Å². The molecule has 1 nitrogen and oxygen atoms in total. The van der Waals surface area contributed by atoms with Gasteiger partial charge in [0.05, 0.1) is 0 Å². The van der Waals surface area contributed by atoms with Crippen LogP contribution in [0.4, 0.5) is 0 Å². The Morgan fingerprint density at radius 2 is 0.200 bits per heavy atom. The van der Waals surface area contributed by atoms with Gasteiger partial charge in [0.2, 0.25) is 7.47 Å². The highest BCUT2D eigenvalue weighted by atomic mass is 34.2. The minimum atomic E-state index is -1.90. The zero-order chi connectivity index (χ0) is 87.7. The molecule has 0 rings (SSSR count). The van der Waals surface area contributed by atoms with Crippen LogP contribution in [0.3, 0.4) is 0 Å². The highest BCUT2D eigenvalue weighted by Crippen LogP contribution is 3.29. The molecule has 0 aliphatic heterocycles. The maximum absolute atomic E-state index is 6.63. The van der Waals surface area contributed by atoms with E-state index in [-0.39, 0.29) is 0 Å². The standard InChI is InChI=1S/C69H208OS34Si/c1-70-105(68,69)104(66,67)103(64,65)102(62,63)101(60,61)100(58,59)99(56,57)98(54,55)97(52,53)96(50,51)95(48,49)94(46,47)93(44,45)92(42,43)91(40,41)90(38,39)89(36,37)88(34,35)87(32,33)86(30,31)85(28,29)84(26,27)83(24,25)82(22,23)81(20,21)80(18,19)79(16,17)78(14,15)77(12,13)76(10,11)75(8,9)74(6,7)73(4,5)72(2,3)71/h71H,1-69H3. The molecule has 0 atom stereocenters. The average Bonchev–Trinajstić information content (AvgIpc) is 0.679. The van der Waals surface area contributed by atoms with Crippen LogP contribution in [-0.4, -0.2) is 427 Å². The van der Waals surface area contributed by atoms with Crippen LogP contribution in [0.25, 0.3) is 0 Å². The summed E-state index contributed by atoms with van der Waals surface area (Å²) in [4.78, 5) is 0. The summed E-state index contributed by atoms with van der Waals surface area (Å²) in [5.74, 6) is 0. The minimum Gasteiger partial charge on any atom is -0.411 e. The molecule has 0 aliphatic carbocycles. The van der Waals surface area contributed by atoms with Gasteiger partial charge in [0.1, 0.15) is 0 Å². The summed E-state index contributed by atoms with van der Waals surface area (Å²) in [6.07, 6.45) is 193. The van der Waals surface area contributed by atoms with Crippen LogP contribution in [0.2, 0.25) is 13.1 Å². The van der Waals surface area contributed by atoms with Gasteiger partial charge in [-0.05, 0) is 426 Å². The van der Waals surface area contributed by atoms with Crippen molar-refractivity contribution in [1.29, 1.82) is 0 Å². The normalized spacial score (nSPS) is 22.7. The molecule has 0 heterocycles. The van der Waals surface area contributed by atoms with Crippen molar-refractivity contribution in [3.63, 3.8) is 0 Å². The molecule has 0 N–H and O–H groups in total. The van der Waals surface area contributed by atoms with E-state index in [9.17, 15) is 0 Å². The van der Waals surface area contributed by atoms with Gasteiger partial charge in [-0.2, -0.15) is 267 Å². The summed E-state index contributed by atoms with van der Waals surface area (Å²) in [5, 5.41) is 0. The monoisotopic (exact) mass is 2170 g/mol. The average molecular weight is 2170 g/mol. The quantitative estimate of drug-likeness (QED) is 0.0384. The van der Waals surface area contributed by atoms with Crippen LogP contribution in [0.1, 0.15) is 0 Å². The van der Waals surface area contributed by atoms with E-state index >= 15 is 0 Å². The van der Waals surface area contributed by atoms with Crippen molar-refractivity contribution in [1.82, 2.24) is 0 Å². The van der Waals surface area contributed by atoms with Gasteiger partial charge in [0.15, 0.2) is 0 Å². The molecule has 0 aromatic heterocycles. The molecule has 698 valence electrons. The Morgan fingerprint density at radius 3 is 0.267 bits per heavy atom. The summed E-state index contributed by atoms with van der Waals surface area (Å²) >= 11 is 5.54. The molecule has 0 aliphatic rings. The molecule has 0 amide bonds. The van der Waals surface area contributed by atoms with Gasteiger partial charge in [0.25, 0.3) is 0 Å². The minimum absolute atomic E-state index is 0.918. The lowest BCUT2D eigenvalue weighted by molar-refractivity contribution is 0.423. The predicted molar refractivity (Wildman–Crippen MR) is 675 cm³/mol. The van der Waals surface area contributed by atoms with Gasteiger partial charge < -0.3 is 4.43 Å². The number of thiol groups is 1. The fraction of sp³-hybridized carbons (Fsp3) is 1.00. The van der Waals surface area contributed by atoms with E-state index in [1.807, 2.05) is 7.11 Å². The third-order valence-electron chi connectivity index (χ3n) is 32.7. The molecule has 0 aromatic rings. The van der Waals surface area contributed by atoms with E-state index < -0.39 is 275 Å². The first-order chi connectivity index (χ1) is 43.8. The first-order valence-electron chi connectivity index (χ1n) is 34.3. The Bertz CT molecular complexity index is 3110. The van der Waals surface area contributed by atoms with Crippen molar-refractivity contribution in [2.24, 2.45) is 0 Å². The van der Waals surface area contributed by atoms with Crippen molar-refractivity contribution in [2.75, 3.05) is 420 Å². The topological polar surface area (TPSA) is 9.23 Å². The summed E-state index contributed by atoms with van der Waals surface area (Å²) in [6.45, 7) is 5.11. The van der Waals surface area contributed by atoms with Crippen molar-refractivity contribution in [3.8, 4) is 0 Å². The Morgan fingerprint density at radius 1 is 0.133 bits per heavy atom. The molecule has 0 spiro atoms. The van der Waals surface area contributed by atoms with Crippen LogP contribution in [0.15, 0.2) is 0 Å². The lowest BCUT2D eigenvalue weighted by Gasteiger charge is -2.86. The molecule has 0 fully saturated rings. The maximum Gasteiger partial charge on any atom is 0.239 e. The summed E-state index contributed by atoms with van der Waals surface area (Å²) in [5.41, 5.74) is 0. The fourth-order valence-corrected chi connectivity index (χ4v) is 614. The van der Waals surface area contributed by atoms with E-state index in [2.05, 4.69) is 426 Å². The second kappa shape index (κ2) is 32.6. The molecule has 0 radical (unpaired) electrons. The molecular formula is C69H208OS34Si. The summed E-state index contributed by atoms with van der Waals surface area (Å²) in [7, 11) is -34.9. The maximum atomic E-state index is 6.63. The molecule has 105 heavy (non-hydrogen) atoms. The molecule has 0 bridgehead atoms. The van der Waals surface area contributed by atoms with Gasteiger partial charge in [-0.3, -0.25) is 0 Å². The van der Waals surface area contributed by atoms with Crippen molar-refractivity contribution in [3.05, 3.63) is 0 Å². The van der Waals surface area contributed by atoms with Crippen LogP contribution in [0.5, 0.6) is 0 Å². The van der Waals surface area contributed by atoms with E-state index in [0.717, 1.165) is 0 Å². The largest absolute Gasteiger partial charge is 0.411 e. The molecule has 36 heteroatoms. The van der Waals surface area contributed by atoms with Crippen LogP contribution in [0, 0.1) is 0 Å². The molecule has 0 saturated carbocycles. The second-order valence-electron chi connectivity index (χ2n) is 39.5. The number of rotatable bonds is 34. The number of hydrogen-bond acceptors (Lipinski definition) is 2. The predicted octanol–water partition coefficient (Wildman–Crippen LogP) is 33.6. The second-order valence-corrected chi connectivity index (χ2v) is 308. The van der Waals surface area contributed by atoms with Crippen LogP contribution in [-0.2, 0) is 4.43 Å². The van der Waals surface area contributed by atoms with Gasteiger partial charge in [-0.15, -0.1) is 11.7 Å². The fourth-order valence-electron chi connectivity index (χ4n) is 12.9. The Kier molecular flexibility index (Phi) is 36.4. The van der Waals surface area contributed by atoms with Crippen molar-refractivity contribution >= 4 is 287 Å². The lowest BCUT2D eigenvalue weighted by Crippen LogP contribution is -2.39. The lowest BCUT2D eigenvalue weighted by atomic mass is 11.8.